The summed E-state index contributed by atoms with van der Waals surface area (Å²) in [7, 11) is 2.16. The summed E-state index contributed by atoms with van der Waals surface area (Å²) in [5.74, 6) is 1.57. The first-order chi connectivity index (χ1) is 22.8. The number of likely N-dealkylation sites (N-methyl/N-ethyl adjacent to an activating group) is 1. The normalized spacial score (nSPS) is 18.5. The van der Waals surface area contributed by atoms with Gasteiger partial charge in [0, 0.05) is 56.3 Å². The van der Waals surface area contributed by atoms with E-state index in [1.807, 2.05) is 18.7 Å². The van der Waals surface area contributed by atoms with Crippen LogP contribution < -0.4 is 20.4 Å². The maximum absolute atomic E-state index is 13.5. The van der Waals surface area contributed by atoms with Gasteiger partial charge in [0.15, 0.2) is 5.82 Å². The fourth-order valence-electron chi connectivity index (χ4n) is 6.99. The summed E-state index contributed by atoms with van der Waals surface area (Å²) in [5.41, 5.74) is 7.21. The molecule has 246 valence electrons. The first-order valence-corrected chi connectivity index (χ1v) is 17.0. The van der Waals surface area contributed by atoms with Gasteiger partial charge in [-0.25, -0.2) is 19.9 Å². The third kappa shape index (κ3) is 6.46. The highest BCUT2D eigenvalue weighted by Gasteiger charge is 2.43. The molecule has 47 heavy (non-hydrogen) atoms. The standard InChI is InChI=1S/C36H46N10O/c1-25-8-9-26(22-37-27-10-11-31-28(21-27)36(2,3)34(47)46(31)19-17-44-13-5-6-14-44)20-29(25)41-33-32-30(39-24-40-33)23-38-35(42-32)45-15-7-12-43(4)16-18-45/h8-11,20-21,23-24,37H,5-7,12-19,22H2,1-4H3,(H,39,40,41). The third-order valence-corrected chi connectivity index (χ3v) is 10.00. The molecule has 0 aliphatic carbocycles. The van der Waals surface area contributed by atoms with E-state index < -0.39 is 5.41 Å². The summed E-state index contributed by atoms with van der Waals surface area (Å²) in [6.45, 7) is 14.6. The molecule has 0 radical (unpaired) electrons. The van der Waals surface area contributed by atoms with Gasteiger partial charge in [-0.05, 0) is 108 Å². The van der Waals surface area contributed by atoms with Gasteiger partial charge in [-0.2, -0.15) is 0 Å². The summed E-state index contributed by atoms with van der Waals surface area (Å²) < 4.78 is 0. The predicted molar refractivity (Wildman–Crippen MR) is 189 cm³/mol. The number of amides is 1. The molecule has 11 nitrogen and oxygen atoms in total. The van der Waals surface area contributed by atoms with Gasteiger partial charge in [0.05, 0.1) is 11.6 Å². The number of carbonyl (C=O) groups is 1. The molecule has 0 spiro atoms. The molecule has 0 atom stereocenters. The van der Waals surface area contributed by atoms with E-state index in [1.54, 1.807) is 12.5 Å². The third-order valence-electron chi connectivity index (χ3n) is 10.00. The Morgan fingerprint density at radius 1 is 0.894 bits per heavy atom. The van der Waals surface area contributed by atoms with Crippen molar-refractivity contribution < 1.29 is 4.79 Å². The lowest BCUT2D eigenvalue weighted by molar-refractivity contribution is -0.122. The minimum Gasteiger partial charge on any atom is -0.381 e. The Labute approximate surface area is 277 Å². The SMILES string of the molecule is Cc1ccc(CNc2ccc3c(c2)C(C)(C)C(=O)N3CCN2CCCC2)cc1Nc1ncnc2cnc(N3CCCN(C)CC3)nc12. The Morgan fingerprint density at radius 3 is 2.60 bits per heavy atom. The number of rotatable bonds is 9. The van der Waals surface area contributed by atoms with Crippen molar-refractivity contribution in [3.63, 3.8) is 0 Å². The lowest BCUT2D eigenvalue weighted by Gasteiger charge is -2.23. The zero-order chi connectivity index (χ0) is 32.5. The van der Waals surface area contributed by atoms with Crippen LogP contribution in [-0.4, -0.2) is 95.0 Å². The molecule has 7 rings (SSSR count). The van der Waals surface area contributed by atoms with Gasteiger partial charge < -0.3 is 30.2 Å². The molecule has 2 aromatic carbocycles. The molecule has 2 fully saturated rings. The summed E-state index contributed by atoms with van der Waals surface area (Å²) in [4.78, 5) is 41.1. The molecule has 3 aliphatic rings. The summed E-state index contributed by atoms with van der Waals surface area (Å²) in [5, 5.41) is 7.15. The van der Waals surface area contributed by atoms with Crippen LogP contribution in [0, 0.1) is 6.92 Å². The molecule has 2 N–H and O–H groups in total. The number of hydrogen-bond acceptors (Lipinski definition) is 10. The number of nitrogens with one attached hydrogen (secondary N) is 2. The summed E-state index contributed by atoms with van der Waals surface area (Å²) >= 11 is 0. The van der Waals surface area contributed by atoms with Crippen LogP contribution >= 0.6 is 0 Å². The van der Waals surface area contributed by atoms with Crippen LogP contribution in [0.3, 0.4) is 0 Å². The number of carbonyl (C=O) groups excluding carboxylic acids is 1. The fourth-order valence-corrected chi connectivity index (χ4v) is 6.99. The molecule has 4 aromatic rings. The molecule has 0 unspecified atom stereocenters. The van der Waals surface area contributed by atoms with Gasteiger partial charge in [0.2, 0.25) is 11.9 Å². The molecule has 11 heteroatoms. The van der Waals surface area contributed by atoms with Gasteiger partial charge in [0.25, 0.3) is 0 Å². The van der Waals surface area contributed by atoms with E-state index in [-0.39, 0.29) is 5.91 Å². The van der Waals surface area contributed by atoms with E-state index >= 15 is 0 Å². The van der Waals surface area contributed by atoms with E-state index in [4.69, 9.17) is 4.98 Å². The zero-order valence-corrected chi connectivity index (χ0v) is 28.1. The van der Waals surface area contributed by atoms with Crippen LogP contribution in [0.5, 0.6) is 0 Å². The Bertz CT molecular complexity index is 1770. The largest absolute Gasteiger partial charge is 0.381 e. The Morgan fingerprint density at radius 2 is 1.74 bits per heavy atom. The monoisotopic (exact) mass is 634 g/mol. The molecular weight excluding hydrogens is 588 g/mol. The smallest absolute Gasteiger partial charge is 0.237 e. The number of aromatic nitrogens is 4. The molecule has 2 aromatic heterocycles. The maximum atomic E-state index is 13.5. The van der Waals surface area contributed by atoms with Crippen molar-refractivity contribution in [1.29, 1.82) is 0 Å². The molecular formula is C36H46N10O. The van der Waals surface area contributed by atoms with E-state index in [0.717, 1.165) is 92.5 Å². The van der Waals surface area contributed by atoms with Crippen molar-refractivity contribution in [2.45, 2.75) is 52.0 Å². The van der Waals surface area contributed by atoms with Crippen LogP contribution in [-0.2, 0) is 16.8 Å². The quantitative estimate of drug-likeness (QED) is 0.263. The Kier molecular flexibility index (Phi) is 8.67. The molecule has 0 bridgehead atoms. The minimum atomic E-state index is -0.549. The van der Waals surface area contributed by atoms with Crippen molar-refractivity contribution in [2.75, 3.05) is 79.8 Å². The first kappa shape index (κ1) is 31.3. The van der Waals surface area contributed by atoms with E-state index in [0.29, 0.717) is 29.3 Å². The first-order valence-electron chi connectivity index (χ1n) is 17.0. The van der Waals surface area contributed by atoms with Gasteiger partial charge in [-0.15, -0.1) is 0 Å². The molecule has 2 saturated heterocycles. The van der Waals surface area contributed by atoms with E-state index in [1.165, 1.54) is 12.8 Å². The minimum absolute atomic E-state index is 0.187. The lowest BCUT2D eigenvalue weighted by Crippen LogP contribution is -2.40. The van der Waals surface area contributed by atoms with Crippen molar-refractivity contribution in [3.05, 3.63) is 65.6 Å². The predicted octanol–water partition coefficient (Wildman–Crippen LogP) is 4.95. The molecule has 0 saturated carbocycles. The zero-order valence-electron chi connectivity index (χ0n) is 28.1. The van der Waals surface area contributed by atoms with Crippen LogP contribution in [0.15, 0.2) is 48.9 Å². The second-order valence-electron chi connectivity index (χ2n) is 13.8. The highest BCUT2D eigenvalue weighted by atomic mass is 16.2. The molecule has 5 heterocycles. The summed E-state index contributed by atoms with van der Waals surface area (Å²) in [6.07, 6.45) is 6.95. The topological polar surface area (TPSA) is 106 Å². The second kappa shape index (κ2) is 13.0. The number of aryl methyl sites for hydroxylation is 1. The van der Waals surface area contributed by atoms with Crippen LogP contribution in [0.25, 0.3) is 11.0 Å². The van der Waals surface area contributed by atoms with Gasteiger partial charge >= 0.3 is 0 Å². The average Bonchev–Trinajstić information content (AvgIpc) is 3.58. The molecule has 3 aliphatic heterocycles. The number of likely N-dealkylation sites (tertiary alicyclic amines) is 1. The lowest BCUT2D eigenvalue weighted by atomic mass is 9.86. The number of hydrogen-bond donors (Lipinski definition) is 2. The van der Waals surface area contributed by atoms with Gasteiger partial charge in [-0.3, -0.25) is 4.79 Å². The van der Waals surface area contributed by atoms with Crippen molar-refractivity contribution >= 4 is 45.8 Å². The second-order valence-corrected chi connectivity index (χ2v) is 13.8. The summed E-state index contributed by atoms with van der Waals surface area (Å²) in [6, 6.07) is 12.8. The molecule has 1 amide bonds. The fraction of sp³-hybridized carbons (Fsp3) is 0.472. The van der Waals surface area contributed by atoms with Gasteiger partial charge in [-0.1, -0.05) is 12.1 Å². The van der Waals surface area contributed by atoms with Gasteiger partial charge in [0.1, 0.15) is 17.4 Å². The highest BCUT2D eigenvalue weighted by Crippen LogP contribution is 2.43. The van der Waals surface area contributed by atoms with E-state index in [9.17, 15) is 4.79 Å². The number of benzene rings is 2. The van der Waals surface area contributed by atoms with Crippen LogP contribution in [0.2, 0.25) is 0 Å². The van der Waals surface area contributed by atoms with E-state index in [2.05, 4.69) is 90.7 Å². The van der Waals surface area contributed by atoms with Crippen molar-refractivity contribution in [2.24, 2.45) is 0 Å². The number of fused-ring (bicyclic) bond motifs is 2. The number of nitrogens with zero attached hydrogens (tertiary/aromatic N) is 8. The average molecular weight is 635 g/mol. The number of anilines is 5. The maximum Gasteiger partial charge on any atom is 0.237 e. The van der Waals surface area contributed by atoms with Crippen molar-refractivity contribution in [3.8, 4) is 0 Å². The van der Waals surface area contributed by atoms with Crippen LogP contribution in [0.1, 0.15) is 49.8 Å². The van der Waals surface area contributed by atoms with Crippen molar-refractivity contribution in [1.82, 2.24) is 29.7 Å². The highest BCUT2D eigenvalue weighted by molar-refractivity contribution is 6.08. The van der Waals surface area contributed by atoms with Crippen LogP contribution in [0.4, 0.5) is 28.8 Å². The Balaban J connectivity index is 1.06. The Hall–Kier alpha value is -4.35.